The Morgan fingerprint density at radius 3 is 2.53 bits per heavy atom. The highest BCUT2D eigenvalue weighted by Gasteiger charge is 2.10. The standard InChI is InChI=1S/C14H16N2O/c1-10-8-13(11(2)16-10)14(17)15-9-12-6-4-3-5-7-12/h3-8,16H,9H2,1-2H3,(H,15,17). The van der Waals surface area contributed by atoms with Gasteiger partial charge in [-0.2, -0.15) is 0 Å². The zero-order chi connectivity index (χ0) is 12.3. The van der Waals surface area contributed by atoms with E-state index in [0.717, 1.165) is 22.5 Å². The number of hydrogen-bond acceptors (Lipinski definition) is 1. The summed E-state index contributed by atoms with van der Waals surface area (Å²) in [6, 6.07) is 11.8. The molecule has 2 N–H and O–H groups in total. The van der Waals surface area contributed by atoms with Gasteiger partial charge in [0.1, 0.15) is 0 Å². The molecule has 88 valence electrons. The zero-order valence-electron chi connectivity index (χ0n) is 10.1. The van der Waals surface area contributed by atoms with Crippen molar-refractivity contribution in [1.82, 2.24) is 10.3 Å². The van der Waals surface area contributed by atoms with E-state index in [1.54, 1.807) is 0 Å². The van der Waals surface area contributed by atoms with E-state index in [2.05, 4.69) is 10.3 Å². The van der Waals surface area contributed by atoms with E-state index in [4.69, 9.17) is 0 Å². The fourth-order valence-corrected chi connectivity index (χ4v) is 1.83. The van der Waals surface area contributed by atoms with Gasteiger partial charge in [0.2, 0.25) is 0 Å². The van der Waals surface area contributed by atoms with Gasteiger partial charge >= 0.3 is 0 Å². The van der Waals surface area contributed by atoms with Gasteiger partial charge in [-0.05, 0) is 25.5 Å². The lowest BCUT2D eigenvalue weighted by Gasteiger charge is -2.04. The quantitative estimate of drug-likeness (QED) is 0.833. The van der Waals surface area contributed by atoms with Gasteiger partial charge in [0, 0.05) is 17.9 Å². The van der Waals surface area contributed by atoms with Crippen molar-refractivity contribution in [3.63, 3.8) is 0 Å². The summed E-state index contributed by atoms with van der Waals surface area (Å²) >= 11 is 0. The second-order valence-corrected chi connectivity index (χ2v) is 4.16. The normalized spacial score (nSPS) is 10.2. The maximum absolute atomic E-state index is 11.9. The van der Waals surface area contributed by atoms with E-state index in [0.29, 0.717) is 6.54 Å². The van der Waals surface area contributed by atoms with Crippen LogP contribution in [0.4, 0.5) is 0 Å². The minimum atomic E-state index is -0.0318. The van der Waals surface area contributed by atoms with E-state index in [1.165, 1.54) is 0 Å². The zero-order valence-corrected chi connectivity index (χ0v) is 10.1. The van der Waals surface area contributed by atoms with Gasteiger partial charge in [0.15, 0.2) is 0 Å². The molecule has 3 nitrogen and oxygen atoms in total. The number of benzene rings is 1. The van der Waals surface area contributed by atoms with E-state index in [1.807, 2.05) is 50.2 Å². The van der Waals surface area contributed by atoms with Gasteiger partial charge < -0.3 is 10.3 Å². The van der Waals surface area contributed by atoms with Crippen molar-refractivity contribution in [2.45, 2.75) is 20.4 Å². The molecule has 0 aliphatic rings. The van der Waals surface area contributed by atoms with Crippen molar-refractivity contribution in [2.75, 3.05) is 0 Å². The Bertz CT molecular complexity index is 514. The third-order valence-corrected chi connectivity index (χ3v) is 2.69. The van der Waals surface area contributed by atoms with E-state index in [9.17, 15) is 4.79 Å². The smallest absolute Gasteiger partial charge is 0.253 e. The highest BCUT2D eigenvalue weighted by Crippen LogP contribution is 2.09. The van der Waals surface area contributed by atoms with Gasteiger partial charge in [0.25, 0.3) is 5.91 Å². The molecule has 0 fully saturated rings. The monoisotopic (exact) mass is 228 g/mol. The van der Waals surface area contributed by atoms with Gasteiger partial charge in [-0.3, -0.25) is 4.79 Å². The summed E-state index contributed by atoms with van der Waals surface area (Å²) in [5.74, 6) is -0.0318. The van der Waals surface area contributed by atoms with Crippen LogP contribution in [0, 0.1) is 13.8 Å². The van der Waals surface area contributed by atoms with Crippen LogP contribution in [0.3, 0.4) is 0 Å². The average Bonchev–Trinajstić information content (AvgIpc) is 2.67. The van der Waals surface area contributed by atoms with Crippen molar-refractivity contribution in [1.29, 1.82) is 0 Å². The molecule has 0 atom stereocenters. The summed E-state index contributed by atoms with van der Waals surface area (Å²) in [7, 11) is 0. The first-order valence-electron chi connectivity index (χ1n) is 5.65. The number of aromatic amines is 1. The molecule has 0 saturated heterocycles. The molecule has 2 rings (SSSR count). The predicted molar refractivity (Wildman–Crippen MR) is 67.9 cm³/mol. The van der Waals surface area contributed by atoms with Gasteiger partial charge in [-0.1, -0.05) is 30.3 Å². The molecular formula is C14H16N2O. The highest BCUT2D eigenvalue weighted by atomic mass is 16.1. The highest BCUT2D eigenvalue weighted by molar-refractivity contribution is 5.95. The topological polar surface area (TPSA) is 44.9 Å². The first-order valence-corrected chi connectivity index (χ1v) is 5.65. The van der Waals surface area contributed by atoms with Gasteiger partial charge in [0.05, 0.1) is 5.56 Å². The minimum absolute atomic E-state index is 0.0318. The lowest BCUT2D eigenvalue weighted by Crippen LogP contribution is -2.22. The Balaban J connectivity index is 2.01. The largest absolute Gasteiger partial charge is 0.362 e. The lowest BCUT2D eigenvalue weighted by molar-refractivity contribution is 0.0950. The van der Waals surface area contributed by atoms with Crippen LogP contribution in [0.15, 0.2) is 36.4 Å². The molecule has 0 unspecified atom stereocenters. The lowest BCUT2D eigenvalue weighted by atomic mass is 10.2. The Hall–Kier alpha value is -2.03. The maximum Gasteiger partial charge on any atom is 0.253 e. The third-order valence-electron chi connectivity index (χ3n) is 2.69. The molecule has 1 heterocycles. The number of hydrogen-bond donors (Lipinski definition) is 2. The fourth-order valence-electron chi connectivity index (χ4n) is 1.83. The SMILES string of the molecule is Cc1cc(C(=O)NCc2ccccc2)c(C)[nH]1. The summed E-state index contributed by atoms with van der Waals surface area (Å²) in [6.45, 7) is 4.41. The summed E-state index contributed by atoms with van der Waals surface area (Å²) in [5, 5.41) is 2.91. The molecule has 1 aromatic carbocycles. The summed E-state index contributed by atoms with van der Waals surface area (Å²) in [5.41, 5.74) is 3.74. The summed E-state index contributed by atoms with van der Waals surface area (Å²) < 4.78 is 0. The van der Waals surface area contributed by atoms with Crippen molar-refractivity contribution in [3.05, 3.63) is 58.9 Å². The molecule has 0 bridgehead atoms. The maximum atomic E-state index is 11.9. The fraction of sp³-hybridized carbons (Fsp3) is 0.214. The van der Waals surface area contributed by atoms with Crippen LogP contribution in [-0.2, 0) is 6.54 Å². The van der Waals surface area contributed by atoms with Crippen LogP contribution in [0.2, 0.25) is 0 Å². The first kappa shape index (κ1) is 11.5. The number of aryl methyl sites for hydroxylation is 2. The molecule has 3 heteroatoms. The number of aromatic nitrogens is 1. The molecule has 2 aromatic rings. The number of amides is 1. The molecule has 1 aromatic heterocycles. The number of carbonyl (C=O) groups is 1. The molecule has 0 radical (unpaired) electrons. The number of nitrogens with one attached hydrogen (secondary N) is 2. The van der Waals surface area contributed by atoms with Crippen LogP contribution >= 0.6 is 0 Å². The predicted octanol–water partition coefficient (Wildman–Crippen LogP) is 2.56. The van der Waals surface area contributed by atoms with Crippen molar-refractivity contribution < 1.29 is 4.79 Å². The van der Waals surface area contributed by atoms with Crippen molar-refractivity contribution >= 4 is 5.91 Å². The Morgan fingerprint density at radius 1 is 1.24 bits per heavy atom. The average molecular weight is 228 g/mol. The van der Waals surface area contributed by atoms with Crippen LogP contribution in [-0.4, -0.2) is 10.9 Å². The van der Waals surface area contributed by atoms with E-state index >= 15 is 0 Å². The summed E-state index contributed by atoms with van der Waals surface area (Å²) in [4.78, 5) is 15.0. The van der Waals surface area contributed by atoms with Crippen LogP contribution in [0.1, 0.15) is 27.3 Å². The van der Waals surface area contributed by atoms with Crippen LogP contribution in [0.25, 0.3) is 0 Å². The second-order valence-electron chi connectivity index (χ2n) is 4.16. The number of carbonyl (C=O) groups excluding carboxylic acids is 1. The Morgan fingerprint density at radius 2 is 1.94 bits per heavy atom. The Kier molecular flexibility index (Phi) is 3.28. The molecule has 1 amide bonds. The van der Waals surface area contributed by atoms with Crippen LogP contribution < -0.4 is 5.32 Å². The first-order chi connectivity index (χ1) is 8.16. The molecular weight excluding hydrogens is 212 g/mol. The molecule has 0 aliphatic heterocycles. The molecule has 0 saturated carbocycles. The van der Waals surface area contributed by atoms with E-state index < -0.39 is 0 Å². The van der Waals surface area contributed by atoms with Gasteiger partial charge in [-0.25, -0.2) is 0 Å². The van der Waals surface area contributed by atoms with Gasteiger partial charge in [-0.15, -0.1) is 0 Å². The van der Waals surface area contributed by atoms with Crippen molar-refractivity contribution in [3.8, 4) is 0 Å². The Labute approximate surface area is 101 Å². The number of rotatable bonds is 3. The van der Waals surface area contributed by atoms with Crippen LogP contribution in [0.5, 0.6) is 0 Å². The molecule has 0 spiro atoms. The molecule has 0 aliphatic carbocycles. The van der Waals surface area contributed by atoms with Crippen molar-refractivity contribution in [2.24, 2.45) is 0 Å². The van der Waals surface area contributed by atoms with E-state index in [-0.39, 0.29) is 5.91 Å². The number of H-pyrrole nitrogens is 1. The summed E-state index contributed by atoms with van der Waals surface area (Å²) in [6.07, 6.45) is 0. The minimum Gasteiger partial charge on any atom is -0.362 e. The third kappa shape index (κ3) is 2.75. The second kappa shape index (κ2) is 4.87. The molecule has 17 heavy (non-hydrogen) atoms.